The Morgan fingerprint density at radius 1 is 1.25 bits per heavy atom. The summed E-state index contributed by atoms with van der Waals surface area (Å²) in [5.74, 6) is 0.887. The van der Waals surface area contributed by atoms with Gasteiger partial charge in [0.05, 0.1) is 20.3 Å². The fourth-order valence-electron chi connectivity index (χ4n) is 0.571. The van der Waals surface area contributed by atoms with Crippen LogP contribution in [0.4, 0.5) is 0 Å². The summed E-state index contributed by atoms with van der Waals surface area (Å²) >= 11 is 3.32. The van der Waals surface area contributed by atoms with Crippen molar-refractivity contribution in [1.29, 1.82) is 0 Å². The Bertz CT molecular complexity index is 216. The standard InChI is InChI=1S/C7H7BrO.C2H4O/c1-9-7-4-2-6(8)3-5-7;1-2-3-1/h2-5H,1H3;1-2H2. The van der Waals surface area contributed by atoms with Gasteiger partial charge in [0.25, 0.3) is 0 Å². The molecule has 0 spiro atoms. The number of benzene rings is 1. The Kier molecular flexibility index (Phi) is 4.11. The van der Waals surface area contributed by atoms with E-state index in [0.717, 1.165) is 23.4 Å². The van der Waals surface area contributed by atoms with Gasteiger partial charge in [0.2, 0.25) is 0 Å². The number of ether oxygens (including phenoxy) is 2. The van der Waals surface area contributed by atoms with Gasteiger partial charge in [-0.1, -0.05) is 15.9 Å². The second-order valence-corrected chi connectivity index (χ2v) is 3.19. The van der Waals surface area contributed by atoms with Crippen LogP contribution in [-0.2, 0) is 4.74 Å². The van der Waals surface area contributed by atoms with Crippen molar-refractivity contribution < 1.29 is 9.47 Å². The highest BCUT2D eigenvalue weighted by molar-refractivity contribution is 9.10. The van der Waals surface area contributed by atoms with E-state index in [2.05, 4.69) is 20.7 Å². The number of rotatable bonds is 1. The summed E-state index contributed by atoms with van der Waals surface area (Å²) in [5, 5.41) is 0. The Labute approximate surface area is 80.6 Å². The van der Waals surface area contributed by atoms with E-state index in [1.54, 1.807) is 7.11 Å². The lowest BCUT2D eigenvalue weighted by atomic mass is 10.3. The molecular formula is C9H11BrO2. The molecule has 1 aromatic carbocycles. The third-order valence-electron chi connectivity index (χ3n) is 1.25. The highest BCUT2D eigenvalue weighted by Gasteiger charge is 1.94. The van der Waals surface area contributed by atoms with E-state index in [4.69, 9.17) is 4.74 Å². The molecule has 0 bridgehead atoms. The number of hydrogen-bond acceptors (Lipinski definition) is 2. The minimum absolute atomic E-state index is 0.887. The largest absolute Gasteiger partial charge is 0.497 e. The van der Waals surface area contributed by atoms with Crippen molar-refractivity contribution in [2.75, 3.05) is 20.3 Å². The molecule has 1 saturated heterocycles. The van der Waals surface area contributed by atoms with Gasteiger partial charge in [-0.15, -0.1) is 0 Å². The Hall–Kier alpha value is -0.540. The SMILES string of the molecule is C1CO1.COc1ccc(Br)cc1. The molecule has 2 rings (SSSR count). The second-order valence-electron chi connectivity index (χ2n) is 2.27. The van der Waals surface area contributed by atoms with E-state index in [1.165, 1.54) is 0 Å². The fourth-order valence-corrected chi connectivity index (χ4v) is 0.835. The molecule has 66 valence electrons. The van der Waals surface area contributed by atoms with Crippen LogP contribution in [0.1, 0.15) is 0 Å². The van der Waals surface area contributed by atoms with Gasteiger partial charge >= 0.3 is 0 Å². The number of hydrogen-bond donors (Lipinski definition) is 0. The molecule has 0 atom stereocenters. The molecule has 1 aromatic rings. The Morgan fingerprint density at radius 2 is 1.75 bits per heavy atom. The van der Waals surface area contributed by atoms with Crippen molar-refractivity contribution >= 4 is 15.9 Å². The van der Waals surface area contributed by atoms with Gasteiger partial charge in [-0.2, -0.15) is 0 Å². The van der Waals surface area contributed by atoms with Crippen LogP contribution in [0.3, 0.4) is 0 Å². The van der Waals surface area contributed by atoms with E-state index in [1.807, 2.05) is 24.3 Å². The topological polar surface area (TPSA) is 21.8 Å². The first kappa shape index (κ1) is 9.55. The van der Waals surface area contributed by atoms with E-state index in [-0.39, 0.29) is 0 Å². The summed E-state index contributed by atoms with van der Waals surface area (Å²) in [6.07, 6.45) is 0. The van der Waals surface area contributed by atoms with Crippen LogP contribution in [0, 0.1) is 0 Å². The van der Waals surface area contributed by atoms with E-state index >= 15 is 0 Å². The first-order valence-corrected chi connectivity index (χ1v) is 4.49. The van der Waals surface area contributed by atoms with Crippen LogP contribution in [0.2, 0.25) is 0 Å². The minimum Gasteiger partial charge on any atom is -0.497 e. The van der Waals surface area contributed by atoms with Gasteiger partial charge in [0.15, 0.2) is 0 Å². The van der Waals surface area contributed by atoms with E-state index in [9.17, 15) is 0 Å². The van der Waals surface area contributed by atoms with Crippen molar-refractivity contribution in [1.82, 2.24) is 0 Å². The van der Waals surface area contributed by atoms with Gasteiger partial charge in [0, 0.05) is 4.47 Å². The van der Waals surface area contributed by atoms with Crippen molar-refractivity contribution in [3.05, 3.63) is 28.7 Å². The smallest absolute Gasteiger partial charge is 0.118 e. The molecule has 0 aliphatic carbocycles. The van der Waals surface area contributed by atoms with Crippen LogP contribution in [-0.4, -0.2) is 20.3 Å². The summed E-state index contributed by atoms with van der Waals surface area (Å²) in [7, 11) is 1.66. The molecule has 1 fully saturated rings. The molecule has 0 aromatic heterocycles. The predicted molar refractivity (Wildman–Crippen MR) is 51.5 cm³/mol. The van der Waals surface area contributed by atoms with Crippen LogP contribution >= 0.6 is 15.9 Å². The molecule has 1 heterocycles. The maximum absolute atomic E-state index is 4.95. The van der Waals surface area contributed by atoms with Crippen LogP contribution < -0.4 is 4.74 Å². The summed E-state index contributed by atoms with van der Waals surface area (Å²) in [5.41, 5.74) is 0. The summed E-state index contributed by atoms with van der Waals surface area (Å²) in [4.78, 5) is 0. The van der Waals surface area contributed by atoms with Crippen LogP contribution in [0.15, 0.2) is 28.7 Å². The van der Waals surface area contributed by atoms with Gasteiger partial charge in [0.1, 0.15) is 5.75 Å². The van der Waals surface area contributed by atoms with Crippen molar-refractivity contribution in [3.8, 4) is 5.75 Å². The highest BCUT2D eigenvalue weighted by atomic mass is 79.9. The molecule has 3 heteroatoms. The van der Waals surface area contributed by atoms with Gasteiger partial charge in [-0.25, -0.2) is 0 Å². The Balaban J connectivity index is 0.000000200. The summed E-state index contributed by atoms with van der Waals surface area (Å²) in [6, 6.07) is 7.70. The molecule has 2 nitrogen and oxygen atoms in total. The molecule has 0 radical (unpaired) electrons. The Morgan fingerprint density at radius 3 is 2.08 bits per heavy atom. The van der Waals surface area contributed by atoms with Crippen LogP contribution in [0.25, 0.3) is 0 Å². The van der Waals surface area contributed by atoms with Crippen molar-refractivity contribution in [2.24, 2.45) is 0 Å². The van der Waals surface area contributed by atoms with Gasteiger partial charge in [-0.05, 0) is 24.3 Å². The first-order valence-electron chi connectivity index (χ1n) is 3.70. The fraction of sp³-hybridized carbons (Fsp3) is 0.333. The normalized spacial score (nSPS) is 12.8. The quantitative estimate of drug-likeness (QED) is 0.692. The maximum Gasteiger partial charge on any atom is 0.118 e. The zero-order chi connectivity index (χ0) is 8.81. The monoisotopic (exact) mass is 230 g/mol. The number of methoxy groups -OCH3 is 1. The molecule has 1 aliphatic rings. The van der Waals surface area contributed by atoms with Gasteiger partial charge < -0.3 is 9.47 Å². The molecule has 0 unspecified atom stereocenters. The zero-order valence-electron chi connectivity index (χ0n) is 6.92. The molecule has 0 N–H and O–H groups in total. The third-order valence-corrected chi connectivity index (χ3v) is 1.78. The average molecular weight is 231 g/mol. The van der Waals surface area contributed by atoms with E-state index < -0.39 is 0 Å². The molecular weight excluding hydrogens is 220 g/mol. The van der Waals surface area contributed by atoms with Crippen LogP contribution in [0.5, 0.6) is 5.75 Å². The lowest BCUT2D eigenvalue weighted by Crippen LogP contribution is -1.79. The molecule has 12 heavy (non-hydrogen) atoms. The number of halogens is 1. The number of epoxide rings is 1. The summed E-state index contributed by atoms with van der Waals surface area (Å²) < 4.78 is 10.5. The molecule has 0 amide bonds. The van der Waals surface area contributed by atoms with E-state index in [0.29, 0.717) is 0 Å². The average Bonchev–Trinajstić information content (AvgIpc) is 2.92. The summed E-state index contributed by atoms with van der Waals surface area (Å²) in [6.45, 7) is 2.00. The van der Waals surface area contributed by atoms with Gasteiger partial charge in [-0.3, -0.25) is 0 Å². The lowest BCUT2D eigenvalue weighted by molar-refractivity contribution is 0.414. The second kappa shape index (κ2) is 5.17. The first-order chi connectivity index (χ1) is 5.83. The maximum atomic E-state index is 4.95. The lowest BCUT2D eigenvalue weighted by Gasteiger charge is -1.96. The van der Waals surface area contributed by atoms with Crippen molar-refractivity contribution in [2.45, 2.75) is 0 Å². The third kappa shape index (κ3) is 4.36. The predicted octanol–water partition coefficient (Wildman–Crippen LogP) is 2.47. The minimum atomic E-state index is 0.887. The van der Waals surface area contributed by atoms with Crippen molar-refractivity contribution in [3.63, 3.8) is 0 Å². The highest BCUT2D eigenvalue weighted by Crippen LogP contribution is 2.14. The molecule has 1 aliphatic heterocycles. The zero-order valence-corrected chi connectivity index (χ0v) is 8.50. The molecule has 0 saturated carbocycles.